The lowest BCUT2D eigenvalue weighted by Gasteiger charge is -2.24. The Kier molecular flexibility index (Phi) is 65.2. The van der Waals surface area contributed by atoms with Crippen molar-refractivity contribution in [1.82, 2.24) is 0 Å². The Labute approximate surface area is 553 Å². The summed E-state index contributed by atoms with van der Waals surface area (Å²) in [5, 5.41) is 0. The zero-order valence-electron chi connectivity index (χ0n) is 58.1. The van der Waals surface area contributed by atoms with Gasteiger partial charge in [-0.2, -0.15) is 0 Å². The predicted molar refractivity (Wildman–Crippen MR) is 389 cm³/mol. The van der Waals surface area contributed by atoms with E-state index in [9.17, 15) is 19.0 Å². The number of carbonyl (C=O) groups excluding carboxylic acids is 2. The standard InChI is InChI=1S/C80H132NO8P/c1-6-8-10-12-14-16-18-20-22-24-26-28-30-32-34-36-37-38-39-40-41-42-43-45-46-48-50-52-54-56-58-60-62-64-66-68-70-72-79(82)86-76-78(77-88-90(84,85)87-75-74-81(3,4)5)89-80(83)73-71-69-67-65-63-61-59-57-55-53-51-49-47-44-35-33-31-29-27-25-23-21-19-17-15-13-11-9-7-2/h8-11,14-17,20-23,26-29,32-35,47,49,53,55,59,61,65,67,78H,6-7,12-13,18-19,24-25,30-31,36-46,48,50-52,54,56-58,60,62-64,66,68-77H2,1-5H3/p+1/b10-8-,11-9-,16-14-,17-15-,22-20-,23-21-,28-26-,29-27-,34-32-,35-33-,49-47-,55-53-,61-59-,67-65-. The summed E-state index contributed by atoms with van der Waals surface area (Å²) in [6, 6.07) is 0. The van der Waals surface area contributed by atoms with Gasteiger partial charge >= 0.3 is 19.8 Å². The molecule has 0 saturated carbocycles. The molecule has 0 heterocycles. The highest BCUT2D eigenvalue weighted by Crippen LogP contribution is 2.43. The molecule has 0 radical (unpaired) electrons. The number of esters is 2. The Balaban J connectivity index is 4.11. The van der Waals surface area contributed by atoms with E-state index in [0.29, 0.717) is 23.9 Å². The molecule has 0 aromatic heterocycles. The second-order valence-electron chi connectivity index (χ2n) is 24.5. The van der Waals surface area contributed by atoms with Gasteiger partial charge in [0.25, 0.3) is 0 Å². The van der Waals surface area contributed by atoms with Gasteiger partial charge in [-0.15, -0.1) is 0 Å². The van der Waals surface area contributed by atoms with Gasteiger partial charge in [0.1, 0.15) is 19.8 Å². The highest BCUT2D eigenvalue weighted by atomic mass is 31.2. The molecule has 0 aromatic carbocycles. The van der Waals surface area contributed by atoms with E-state index in [1.165, 1.54) is 122 Å². The van der Waals surface area contributed by atoms with E-state index in [1.54, 1.807) is 0 Å². The summed E-state index contributed by atoms with van der Waals surface area (Å²) in [4.78, 5) is 35.9. The van der Waals surface area contributed by atoms with Crippen LogP contribution in [0.2, 0.25) is 0 Å². The zero-order chi connectivity index (χ0) is 65.5. The molecule has 10 heteroatoms. The molecule has 2 atom stereocenters. The summed E-state index contributed by atoms with van der Waals surface area (Å²) >= 11 is 0. The molecule has 0 fully saturated rings. The SMILES string of the molecule is CC/C=C\C/C=C\C/C=C\C/C=C\C/C=C\C/C=C\C/C=C\C/C=C\C/C=C\CCCC(=O)OC(COC(=O)CCCCCCCCCCCCCCCCCCCCCCC/C=C\C/C=C\C/C=C\C/C=C\C/C=C\CC)COP(=O)(O)OCC[N+](C)(C)C. The van der Waals surface area contributed by atoms with E-state index in [1.807, 2.05) is 21.1 Å². The van der Waals surface area contributed by atoms with Crippen LogP contribution >= 0.6 is 7.82 Å². The van der Waals surface area contributed by atoms with Gasteiger partial charge in [-0.3, -0.25) is 18.6 Å². The third-order valence-electron chi connectivity index (χ3n) is 14.7. The minimum absolute atomic E-state index is 0.0131. The molecule has 90 heavy (non-hydrogen) atoms. The number of unbranched alkanes of at least 4 members (excludes halogenated alkanes) is 22. The van der Waals surface area contributed by atoms with Crippen LogP contribution in [0.25, 0.3) is 0 Å². The van der Waals surface area contributed by atoms with Crippen molar-refractivity contribution < 1.29 is 42.1 Å². The van der Waals surface area contributed by atoms with Crippen LogP contribution in [0.5, 0.6) is 0 Å². The molecule has 0 saturated heterocycles. The number of phosphoric acid groups is 1. The fourth-order valence-electron chi connectivity index (χ4n) is 9.34. The van der Waals surface area contributed by atoms with Crippen LogP contribution in [0, 0.1) is 0 Å². The Bertz CT molecular complexity index is 2130. The Morgan fingerprint density at radius 1 is 0.344 bits per heavy atom. The summed E-state index contributed by atoms with van der Waals surface area (Å²) in [6.07, 6.45) is 105. The van der Waals surface area contributed by atoms with E-state index in [4.69, 9.17) is 18.5 Å². The molecule has 1 N–H and O–H groups in total. The highest BCUT2D eigenvalue weighted by molar-refractivity contribution is 7.47. The summed E-state index contributed by atoms with van der Waals surface area (Å²) in [5.74, 6) is -0.871. The summed E-state index contributed by atoms with van der Waals surface area (Å²) in [7, 11) is 1.42. The lowest BCUT2D eigenvalue weighted by atomic mass is 10.0. The summed E-state index contributed by atoms with van der Waals surface area (Å²) in [5.41, 5.74) is 0. The van der Waals surface area contributed by atoms with Gasteiger partial charge in [0.05, 0.1) is 27.7 Å². The van der Waals surface area contributed by atoms with Crippen LogP contribution in [0.4, 0.5) is 0 Å². The monoisotopic (exact) mass is 1270 g/mol. The smallest absolute Gasteiger partial charge is 0.462 e. The van der Waals surface area contributed by atoms with Gasteiger partial charge in [-0.05, 0) is 122 Å². The van der Waals surface area contributed by atoms with Crippen LogP contribution in [0.3, 0.4) is 0 Å². The highest BCUT2D eigenvalue weighted by Gasteiger charge is 2.27. The number of likely N-dealkylation sites (N-methyl/N-ethyl adjacent to an activating group) is 1. The van der Waals surface area contributed by atoms with Gasteiger partial charge in [-0.25, -0.2) is 4.57 Å². The summed E-state index contributed by atoms with van der Waals surface area (Å²) in [6.45, 7) is 4.14. The quantitative estimate of drug-likeness (QED) is 0.0211. The summed E-state index contributed by atoms with van der Waals surface area (Å²) < 4.78 is 34.6. The molecule has 0 aliphatic carbocycles. The van der Waals surface area contributed by atoms with Gasteiger partial charge in [-0.1, -0.05) is 306 Å². The van der Waals surface area contributed by atoms with Gasteiger partial charge in [0.15, 0.2) is 6.10 Å². The third kappa shape index (κ3) is 72.4. The predicted octanol–water partition coefficient (Wildman–Crippen LogP) is 23.7. The van der Waals surface area contributed by atoms with E-state index in [0.717, 1.165) is 109 Å². The number of nitrogens with zero attached hydrogens (tertiary/aromatic N) is 1. The van der Waals surface area contributed by atoms with Crippen LogP contribution < -0.4 is 0 Å². The fourth-order valence-corrected chi connectivity index (χ4v) is 10.1. The maximum Gasteiger partial charge on any atom is 0.472 e. The van der Waals surface area contributed by atoms with Crippen LogP contribution in [0.1, 0.15) is 271 Å². The van der Waals surface area contributed by atoms with Crippen LogP contribution in [-0.2, 0) is 32.7 Å². The number of carbonyl (C=O) groups is 2. The molecule has 2 unspecified atom stereocenters. The molecule has 0 aliphatic rings. The van der Waals surface area contributed by atoms with E-state index in [-0.39, 0.29) is 32.0 Å². The first-order valence-corrected chi connectivity index (χ1v) is 37.4. The average molecular weight is 1270 g/mol. The van der Waals surface area contributed by atoms with Gasteiger partial charge < -0.3 is 18.9 Å². The molecule has 9 nitrogen and oxygen atoms in total. The maximum atomic E-state index is 12.9. The normalized spacial score (nSPS) is 14.2. The van der Waals surface area contributed by atoms with Crippen molar-refractivity contribution in [3.05, 3.63) is 170 Å². The molecule has 0 bridgehead atoms. The minimum Gasteiger partial charge on any atom is -0.462 e. The number of quaternary nitrogens is 1. The van der Waals surface area contributed by atoms with E-state index in [2.05, 4.69) is 184 Å². The Morgan fingerprint density at radius 3 is 0.922 bits per heavy atom. The van der Waals surface area contributed by atoms with Crippen molar-refractivity contribution in [3.63, 3.8) is 0 Å². The molecule has 0 aliphatic heterocycles. The zero-order valence-corrected chi connectivity index (χ0v) is 58.9. The van der Waals surface area contributed by atoms with Crippen LogP contribution in [-0.4, -0.2) is 74.9 Å². The fraction of sp³-hybridized carbons (Fsp3) is 0.625. The van der Waals surface area contributed by atoms with Crippen molar-refractivity contribution in [2.75, 3.05) is 47.5 Å². The van der Waals surface area contributed by atoms with Gasteiger partial charge in [0.2, 0.25) is 0 Å². The molecular formula is C80H133NO8P+. The Hall–Kier alpha value is -4.63. The van der Waals surface area contributed by atoms with Crippen molar-refractivity contribution in [2.45, 2.75) is 277 Å². The molecule has 0 rings (SSSR count). The second kappa shape index (κ2) is 68.7. The molecule has 510 valence electrons. The van der Waals surface area contributed by atoms with E-state index >= 15 is 0 Å². The van der Waals surface area contributed by atoms with E-state index < -0.39 is 26.5 Å². The lowest BCUT2D eigenvalue weighted by molar-refractivity contribution is -0.870. The van der Waals surface area contributed by atoms with Crippen LogP contribution in [0.15, 0.2) is 170 Å². The second-order valence-corrected chi connectivity index (χ2v) is 26.0. The first kappa shape index (κ1) is 85.4. The number of rotatable bonds is 64. The molecular weight excluding hydrogens is 1130 g/mol. The lowest BCUT2D eigenvalue weighted by Crippen LogP contribution is -2.37. The number of allylic oxidation sites excluding steroid dienone is 28. The number of ether oxygens (including phenoxy) is 2. The first-order valence-electron chi connectivity index (χ1n) is 35.9. The molecule has 0 amide bonds. The average Bonchev–Trinajstić information content (AvgIpc) is 3.58. The minimum atomic E-state index is -4.42. The largest absolute Gasteiger partial charge is 0.472 e. The van der Waals surface area contributed by atoms with Gasteiger partial charge in [0, 0.05) is 12.8 Å². The number of hydrogen-bond acceptors (Lipinski definition) is 7. The molecule has 0 aromatic rings. The number of hydrogen-bond donors (Lipinski definition) is 1. The van der Waals surface area contributed by atoms with Crippen molar-refractivity contribution >= 4 is 19.8 Å². The maximum absolute atomic E-state index is 12.9. The topological polar surface area (TPSA) is 108 Å². The number of phosphoric ester groups is 1. The van der Waals surface area contributed by atoms with Crippen molar-refractivity contribution in [2.24, 2.45) is 0 Å². The Morgan fingerprint density at radius 2 is 0.611 bits per heavy atom. The third-order valence-corrected chi connectivity index (χ3v) is 15.7. The van der Waals surface area contributed by atoms with Crippen molar-refractivity contribution in [1.29, 1.82) is 0 Å². The molecule has 0 spiro atoms. The first-order chi connectivity index (χ1) is 44.0. The van der Waals surface area contributed by atoms with Crippen molar-refractivity contribution in [3.8, 4) is 0 Å².